The van der Waals surface area contributed by atoms with Gasteiger partial charge in [-0.25, -0.2) is 19.9 Å². The van der Waals surface area contributed by atoms with Crippen molar-refractivity contribution in [2.24, 2.45) is 5.73 Å². The molecule has 5 N–H and O–H groups in total. The number of anilines is 1. The zero-order valence-corrected chi connectivity index (χ0v) is 13.1. The van der Waals surface area contributed by atoms with E-state index in [9.17, 15) is 9.59 Å². The number of ether oxygens (including phenoxy) is 1. The molecule has 1 atom stereocenters. The number of urea groups is 1. The monoisotopic (exact) mass is 340 g/mol. The second kappa shape index (κ2) is 6.63. The van der Waals surface area contributed by atoms with Crippen LogP contribution in [0, 0.1) is 0 Å². The van der Waals surface area contributed by atoms with Gasteiger partial charge in [-0.2, -0.15) is 0 Å². The lowest BCUT2D eigenvalue weighted by Gasteiger charge is -2.12. The standard InChI is InChI=1S/C13H13ClN4O3S/c1-6(21-13(20)18-11(15)19)10-9(17-12(16)22-10)7-2-4-8(14)5-3-7/h2-6H,1H3,(H2,16,17)(H3,15,18,19,20). The Labute approximate surface area is 135 Å². The Morgan fingerprint density at radius 2 is 2.00 bits per heavy atom. The third-order valence-corrected chi connectivity index (χ3v) is 3.96. The molecule has 0 aliphatic heterocycles. The lowest BCUT2D eigenvalue weighted by atomic mass is 10.1. The van der Waals surface area contributed by atoms with Crippen molar-refractivity contribution in [3.05, 3.63) is 34.2 Å². The molecule has 0 aliphatic rings. The number of halogens is 1. The topological polar surface area (TPSA) is 120 Å². The summed E-state index contributed by atoms with van der Waals surface area (Å²) in [4.78, 5) is 27.0. The van der Waals surface area contributed by atoms with Gasteiger partial charge in [0.15, 0.2) is 5.13 Å². The van der Waals surface area contributed by atoms with Crippen molar-refractivity contribution >= 4 is 40.2 Å². The molecule has 0 spiro atoms. The van der Waals surface area contributed by atoms with Gasteiger partial charge >= 0.3 is 12.1 Å². The molecule has 22 heavy (non-hydrogen) atoms. The van der Waals surface area contributed by atoms with Crippen molar-refractivity contribution in [3.8, 4) is 11.3 Å². The molecule has 0 aliphatic carbocycles. The largest absolute Gasteiger partial charge is 0.440 e. The van der Waals surface area contributed by atoms with Crippen LogP contribution >= 0.6 is 22.9 Å². The fourth-order valence-corrected chi connectivity index (χ4v) is 2.75. The first-order valence-corrected chi connectivity index (χ1v) is 7.35. The van der Waals surface area contributed by atoms with Gasteiger partial charge in [-0.05, 0) is 19.1 Å². The van der Waals surface area contributed by atoms with Crippen molar-refractivity contribution in [2.75, 3.05) is 5.73 Å². The highest BCUT2D eigenvalue weighted by Gasteiger charge is 2.21. The second-order valence-electron chi connectivity index (χ2n) is 4.31. The predicted molar refractivity (Wildman–Crippen MR) is 84.6 cm³/mol. The number of nitrogens with zero attached hydrogens (tertiary/aromatic N) is 1. The number of alkyl carbamates (subject to hydrolysis) is 1. The SMILES string of the molecule is CC(OC(=O)NC(N)=O)c1sc(N)nc1-c1ccc(Cl)cc1. The van der Waals surface area contributed by atoms with E-state index in [-0.39, 0.29) is 0 Å². The number of hydrogen-bond acceptors (Lipinski definition) is 6. The Hall–Kier alpha value is -2.32. The van der Waals surface area contributed by atoms with Gasteiger partial charge in [-0.1, -0.05) is 35.1 Å². The molecule has 1 unspecified atom stereocenters. The van der Waals surface area contributed by atoms with Crippen LogP contribution < -0.4 is 16.8 Å². The molecule has 3 amide bonds. The van der Waals surface area contributed by atoms with Crippen LogP contribution in [0.5, 0.6) is 0 Å². The van der Waals surface area contributed by atoms with Gasteiger partial charge in [0, 0.05) is 10.6 Å². The molecule has 1 aromatic carbocycles. The van der Waals surface area contributed by atoms with Crippen LogP contribution in [0.3, 0.4) is 0 Å². The average Bonchev–Trinajstić information content (AvgIpc) is 2.80. The third-order valence-electron chi connectivity index (χ3n) is 2.67. The number of aromatic nitrogens is 1. The minimum atomic E-state index is -0.987. The molecule has 0 fully saturated rings. The second-order valence-corrected chi connectivity index (χ2v) is 5.81. The maximum atomic E-state index is 11.4. The number of imide groups is 1. The number of carbonyl (C=O) groups excluding carboxylic acids is 2. The molecular weight excluding hydrogens is 328 g/mol. The molecule has 1 heterocycles. The molecule has 116 valence electrons. The summed E-state index contributed by atoms with van der Waals surface area (Å²) in [6.07, 6.45) is -1.59. The first-order chi connectivity index (χ1) is 10.4. The predicted octanol–water partition coefficient (Wildman–Crippen LogP) is 2.91. The number of thiazole rings is 1. The smallest absolute Gasteiger partial charge is 0.415 e. The van der Waals surface area contributed by atoms with E-state index in [0.717, 1.165) is 5.56 Å². The number of primary amides is 1. The first kappa shape index (κ1) is 16.1. The van der Waals surface area contributed by atoms with Gasteiger partial charge in [0.25, 0.3) is 0 Å². The fraction of sp³-hybridized carbons (Fsp3) is 0.154. The van der Waals surface area contributed by atoms with Crippen LogP contribution in [-0.2, 0) is 4.74 Å². The lowest BCUT2D eigenvalue weighted by Crippen LogP contribution is -2.35. The zero-order valence-electron chi connectivity index (χ0n) is 11.5. The molecule has 0 radical (unpaired) electrons. The van der Waals surface area contributed by atoms with Gasteiger partial charge in [-0.3, -0.25) is 0 Å². The Morgan fingerprint density at radius 1 is 1.36 bits per heavy atom. The Bertz CT molecular complexity index is 702. The van der Waals surface area contributed by atoms with E-state index >= 15 is 0 Å². The van der Waals surface area contributed by atoms with E-state index in [4.69, 9.17) is 27.8 Å². The molecule has 0 saturated heterocycles. The first-order valence-electron chi connectivity index (χ1n) is 6.16. The summed E-state index contributed by atoms with van der Waals surface area (Å²) in [7, 11) is 0. The number of nitrogens with one attached hydrogen (secondary N) is 1. The summed E-state index contributed by atoms with van der Waals surface area (Å²) in [5, 5.41) is 2.76. The van der Waals surface area contributed by atoms with Crippen molar-refractivity contribution in [1.29, 1.82) is 0 Å². The Kier molecular flexibility index (Phi) is 4.84. The summed E-state index contributed by atoms with van der Waals surface area (Å²) in [6.45, 7) is 1.65. The summed E-state index contributed by atoms with van der Waals surface area (Å²) in [6, 6.07) is 6.04. The highest BCUT2D eigenvalue weighted by Crippen LogP contribution is 2.36. The van der Waals surface area contributed by atoms with Crippen LogP contribution in [0.15, 0.2) is 24.3 Å². The maximum absolute atomic E-state index is 11.4. The number of benzene rings is 1. The third kappa shape index (κ3) is 3.86. The van der Waals surface area contributed by atoms with E-state index < -0.39 is 18.2 Å². The minimum Gasteiger partial charge on any atom is -0.440 e. The lowest BCUT2D eigenvalue weighted by molar-refractivity contribution is 0.111. The molecule has 9 heteroatoms. The number of rotatable bonds is 3. The van der Waals surface area contributed by atoms with Crippen LogP contribution in [0.2, 0.25) is 5.02 Å². The van der Waals surface area contributed by atoms with E-state index in [1.54, 1.807) is 31.2 Å². The summed E-state index contributed by atoms with van der Waals surface area (Å²) in [5.74, 6) is 0. The van der Waals surface area contributed by atoms with Gasteiger partial charge < -0.3 is 16.2 Å². The number of amides is 3. The highest BCUT2D eigenvalue weighted by molar-refractivity contribution is 7.15. The maximum Gasteiger partial charge on any atom is 0.415 e. The van der Waals surface area contributed by atoms with E-state index in [0.29, 0.717) is 20.7 Å². The van der Waals surface area contributed by atoms with Crippen LogP contribution in [0.1, 0.15) is 17.9 Å². The van der Waals surface area contributed by atoms with Crippen molar-refractivity contribution in [3.63, 3.8) is 0 Å². The van der Waals surface area contributed by atoms with Crippen molar-refractivity contribution < 1.29 is 14.3 Å². The number of nitrogen functional groups attached to an aromatic ring is 1. The van der Waals surface area contributed by atoms with E-state index in [2.05, 4.69) is 4.98 Å². The van der Waals surface area contributed by atoms with E-state index in [1.165, 1.54) is 11.3 Å². The molecule has 7 nitrogen and oxygen atoms in total. The number of carbonyl (C=O) groups is 2. The molecule has 0 bridgehead atoms. The highest BCUT2D eigenvalue weighted by atomic mass is 35.5. The number of nitrogens with two attached hydrogens (primary N) is 2. The normalized spacial score (nSPS) is 11.7. The zero-order chi connectivity index (χ0) is 16.3. The molecular formula is C13H13ClN4O3S. The van der Waals surface area contributed by atoms with Gasteiger partial charge in [0.05, 0.1) is 10.6 Å². The van der Waals surface area contributed by atoms with Crippen LogP contribution in [0.4, 0.5) is 14.7 Å². The summed E-state index contributed by atoms with van der Waals surface area (Å²) in [5.41, 5.74) is 12.0. The van der Waals surface area contributed by atoms with Crippen LogP contribution in [0.25, 0.3) is 11.3 Å². The molecule has 2 rings (SSSR count). The fourth-order valence-electron chi connectivity index (χ4n) is 1.78. The van der Waals surface area contributed by atoms with Gasteiger partial charge in [0.2, 0.25) is 0 Å². The Balaban J connectivity index is 2.26. The van der Waals surface area contributed by atoms with E-state index in [1.807, 2.05) is 5.32 Å². The Morgan fingerprint density at radius 3 is 2.59 bits per heavy atom. The van der Waals surface area contributed by atoms with Crippen molar-refractivity contribution in [1.82, 2.24) is 10.3 Å². The molecule has 1 aromatic heterocycles. The number of hydrogen-bond donors (Lipinski definition) is 3. The quantitative estimate of drug-likeness (QED) is 0.793. The minimum absolute atomic E-state index is 0.339. The van der Waals surface area contributed by atoms with Gasteiger partial charge in [-0.15, -0.1) is 0 Å². The van der Waals surface area contributed by atoms with Crippen LogP contribution in [-0.4, -0.2) is 17.1 Å². The molecule has 0 saturated carbocycles. The van der Waals surface area contributed by atoms with Gasteiger partial charge in [0.1, 0.15) is 6.10 Å². The summed E-state index contributed by atoms with van der Waals surface area (Å²) < 4.78 is 5.08. The molecule has 2 aromatic rings. The average molecular weight is 341 g/mol. The summed E-state index contributed by atoms with van der Waals surface area (Å²) >= 11 is 7.05. The van der Waals surface area contributed by atoms with Crippen molar-refractivity contribution in [2.45, 2.75) is 13.0 Å².